The average molecular weight is 708 g/mol. The minimum Gasteiger partial charge on any atom is -0.508 e. The van der Waals surface area contributed by atoms with Crippen molar-refractivity contribution in [2.45, 2.75) is 81.6 Å². The molecule has 16 heteroatoms. The largest absolute Gasteiger partial charge is 0.508 e. The number of hydrogen-bond acceptors (Lipinski definition) is 9. The van der Waals surface area contributed by atoms with Crippen LogP contribution in [0.4, 0.5) is 0 Å². The minimum absolute atomic E-state index is 0.00145. The average Bonchev–Trinajstić information content (AvgIpc) is 3.61. The number of carboxylic acids is 1. The van der Waals surface area contributed by atoms with E-state index in [0.717, 1.165) is 4.90 Å². The van der Waals surface area contributed by atoms with Gasteiger partial charge in [0.25, 0.3) is 0 Å². The second-order valence-electron chi connectivity index (χ2n) is 12.7. The summed E-state index contributed by atoms with van der Waals surface area (Å²) in [4.78, 5) is 92.8. The lowest BCUT2D eigenvalue weighted by molar-refractivity contribution is -0.149. The fraction of sp³-hybridized carbons (Fsp3) is 0.457. The quantitative estimate of drug-likeness (QED) is 0.163. The van der Waals surface area contributed by atoms with Gasteiger partial charge in [-0.3, -0.25) is 28.8 Å². The smallest absolute Gasteiger partial charge is 0.326 e. The number of aliphatic carboxylic acids is 1. The molecule has 2 saturated heterocycles. The third-order valence-electron chi connectivity index (χ3n) is 8.79. The van der Waals surface area contributed by atoms with Gasteiger partial charge < -0.3 is 47.4 Å². The van der Waals surface area contributed by atoms with Gasteiger partial charge in [0.1, 0.15) is 29.9 Å². The molecule has 2 heterocycles. The van der Waals surface area contributed by atoms with Gasteiger partial charge in [0.15, 0.2) is 0 Å². The second-order valence-corrected chi connectivity index (χ2v) is 12.7. The Kier molecular flexibility index (Phi) is 13.9. The number of aromatic hydroxyl groups is 1. The van der Waals surface area contributed by atoms with E-state index in [-0.39, 0.29) is 44.5 Å². The summed E-state index contributed by atoms with van der Waals surface area (Å²) in [7, 11) is 0. The van der Waals surface area contributed by atoms with Gasteiger partial charge in [0.2, 0.25) is 35.4 Å². The number of carboxylic acid groups (broad SMARTS) is 1. The molecule has 0 aromatic heterocycles. The Morgan fingerprint density at radius 2 is 1.59 bits per heavy atom. The first kappa shape index (κ1) is 38.3. The molecular formula is C35H45N7O9. The molecule has 16 nitrogen and oxygen atoms in total. The molecular weight excluding hydrogens is 662 g/mol. The van der Waals surface area contributed by atoms with E-state index in [1.54, 1.807) is 42.5 Å². The minimum atomic E-state index is -1.41. The Morgan fingerprint density at radius 3 is 2.29 bits per heavy atom. The number of nitrogens with one attached hydrogen (secondary N) is 5. The van der Waals surface area contributed by atoms with Crippen LogP contribution in [0.25, 0.3) is 0 Å². The Hall–Kier alpha value is -5.51. The number of carbonyl (C=O) groups excluding carboxylic acids is 6. The molecule has 2 aromatic rings. The summed E-state index contributed by atoms with van der Waals surface area (Å²) in [6.07, 6.45) is 1.23. The normalized spacial score (nSPS) is 23.1. The van der Waals surface area contributed by atoms with Crippen LogP contribution in [0.5, 0.6) is 5.75 Å². The molecule has 0 radical (unpaired) electrons. The number of phenolic OH excluding ortho intramolecular Hbond substituents is 1. The first-order valence-electron chi connectivity index (χ1n) is 17.0. The zero-order valence-electron chi connectivity index (χ0n) is 28.1. The molecule has 2 aromatic carbocycles. The molecule has 4 rings (SSSR count). The van der Waals surface area contributed by atoms with E-state index in [4.69, 9.17) is 5.73 Å². The third-order valence-corrected chi connectivity index (χ3v) is 8.79. The van der Waals surface area contributed by atoms with Crippen molar-refractivity contribution in [1.82, 2.24) is 31.5 Å². The monoisotopic (exact) mass is 707 g/mol. The van der Waals surface area contributed by atoms with Crippen LogP contribution in [0, 0.1) is 0 Å². The van der Waals surface area contributed by atoms with Crippen molar-refractivity contribution in [2.75, 3.05) is 19.6 Å². The van der Waals surface area contributed by atoms with Crippen LogP contribution in [0.1, 0.15) is 49.7 Å². The molecule has 9 N–H and O–H groups in total. The van der Waals surface area contributed by atoms with Crippen LogP contribution in [0.15, 0.2) is 54.6 Å². The van der Waals surface area contributed by atoms with Crippen molar-refractivity contribution in [1.29, 1.82) is 0 Å². The maximum atomic E-state index is 13.7. The first-order chi connectivity index (χ1) is 24.4. The highest BCUT2D eigenvalue weighted by molar-refractivity contribution is 5.97. The summed E-state index contributed by atoms with van der Waals surface area (Å²) >= 11 is 0. The van der Waals surface area contributed by atoms with E-state index >= 15 is 0 Å². The number of amides is 6. The van der Waals surface area contributed by atoms with Gasteiger partial charge in [0, 0.05) is 19.5 Å². The van der Waals surface area contributed by atoms with Crippen molar-refractivity contribution in [2.24, 2.45) is 5.73 Å². The maximum absolute atomic E-state index is 13.7. The molecule has 6 amide bonds. The van der Waals surface area contributed by atoms with Gasteiger partial charge in [-0.2, -0.15) is 0 Å². The SMILES string of the molecule is N[C@@H](Cc1ccc(O)cc1)C(=O)N[C@@H]1CCCCNC(=O)C[C@H](C(=O)N2CCC[C@H]2C(=O)O)NC(=O)[C@H](Cc2ccccc2)NC(=O)CNC1=O. The van der Waals surface area contributed by atoms with E-state index in [0.29, 0.717) is 30.4 Å². The number of nitrogens with zero attached hydrogens (tertiary/aromatic N) is 1. The van der Waals surface area contributed by atoms with Crippen LogP contribution in [0.3, 0.4) is 0 Å². The lowest BCUT2D eigenvalue weighted by atomic mass is 10.0. The Bertz CT molecular complexity index is 1570. The predicted octanol–water partition coefficient (Wildman–Crippen LogP) is -1.16. The predicted molar refractivity (Wildman–Crippen MR) is 183 cm³/mol. The Labute approximate surface area is 294 Å². The van der Waals surface area contributed by atoms with Crippen LogP contribution in [-0.4, -0.2) is 106 Å². The summed E-state index contributed by atoms with van der Waals surface area (Å²) in [5.74, 6) is -5.20. The van der Waals surface area contributed by atoms with Crippen LogP contribution < -0.4 is 32.3 Å². The lowest BCUT2D eigenvalue weighted by Crippen LogP contribution is -2.58. The molecule has 0 saturated carbocycles. The summed E-state index contributed by atoms with van der Waals surface area (Å²) in [5, 5.41) is 32.2. The van der Waals surface area contributed by atoms with E-state index in [2.05, 4.69) is 26.6 Å². The molecule has 0 spiro atoms. The molecule has 5 atom stereocenters. The number of hydrogen-bond donors (Lipinski definition) is 8. The van der Waals surface area contributed by atoms with Gasteiger partial charge in [-0.1, -0.05) is 42.5 Å². The van der Waals surface area contributed by atoms with E-state index in [1.807, 2.05) is 0 Å². The Balaban J connectivity index is 1.51. The fourth-order valence-corrected chi connectivity index (χ4v) is 6.04. The standard InChI is InChI=1S/C35H45N7O9/c36-24(17-22-11-13-23(43)14-12-22)31(46)40-25-9-4-5-15-37-29(44)19-27(34(49)42-16-6-10-28(42)35(50)51)41-33(48)26(18-21-7-2-1-3-8-21)39-30(45)20-38-32(25)47/h1-3,7-8,11-14,24-28,43H,4-6,9-10,15-20,36H2,(H,37,44)(H,38,47)(H,39,45)(H,40,46)(H,41,48)(H,50,51)/t24-,25+,26-,27+,28-/m0/s1. The van der Waals surface area contributed by atoms with Gasteiger partial charge >= 0.3 is 5.97 Å². The summed E-state index contributed by atoms with van der Waals surface area (Å²) in [6.45, 7) is -0.249. The molecule has 0 unspecified atom stereocenters. The first-order valence-corrected chi connectivity index (χ1v) is 17.0. The van der Waals surface area contributed by atoms with Gasteiger partial charge in [0.05, 0.1) is 19.0 Å². The zero-order valence-corrected chi connectivity index (χ0v) is 28.1. The highest BCUT2D eigenvalue weighted by atomic mass is 16.4. The summed E-state index contributed by atoms with van der Waals surface area (Å²) in [6, 6.07) is 9.08. The maximum Gasteiger partial charge on any atom is 0.326 e. The number of carbonyl (C=O) groups is 7. The van der Waals surface area contributed by atoms with Crippen LogP contribution >= 0.6 is 0 Å². The summed E-state index contributed by atoms with van der Waals surface area (Å²) < 4.78 is 0. The zero-order chi connectivity index (χ0) is 36.9. The highest BCUT2D eigenvalue weighted by Crippen LogP contribution is 2.20. The molecule has 2 fully saturated rings. The van der Waals surface area contributed by atoms with Crippen molar-refractivity contribution < 1.29 is 43.8 Å². The number of likely N-dealkylation sites (tertiary alicyclic amines) is 1. The topological polar surface area (TPSA) is 249 Å². The molecule has 274 valence electrons. The number of rotatable bonds is 8. The Morgan fingerprint density at radius 1 is 0.863 bits per heavy atom. The van der Waals surface area contributed by atoms with Crippen molar-refractivity contribution in [3.8, 4) is 5.75 Å². The molecule has 2 aliphatic heterocycles. The molecule has 51 heavy (non-hydrogen) atoms. The molecule has 0 aliphatic carbocycles. The van der Waals surface area contributed by atoms with E-state index in [9.17, 15) is 43.8 Å². The second kappa shape index (κ2) is 18.5. The molecule has 0 bridgehead atoms. The third kappa shape index (κ3) is 11.5. The van der Waals surface area contributed by atoms with Gasteiger partial charge in [-0.15, -0.1) is 0 Å². The van der Waals surface area contributed by atoms with E-state index < -0.39 is 84.6 Å². The number of phenols is 1. The van der Waals surface area contributed by atoms with Gasteiger partial charge in [-0.25, -0.2) is 4.79 Å². The van der Waals surface area contributed by atoms with E-state index in [1.165, 1.54) is 12.1 Å². The van der Waals surface area contributed by atoms with Crippen molar-refractivity contribution >= 4 is 41.4 Å². The van der Waals surface area contributed by atoms with Crippen molar-refractivity contribution in [3.05, 3.63) is 65.7 Å². The van der Waals surface area contributed by atoms with Crippen LogP contribution in [0.2, 0.25) is 0 Å². The number of nitrogens with two attached hydrogens (primary N) is 1. The fourth-order valence-electron chi connectivity index (χ4n) is 6.04. The lowest BCUT2D eigenvalue weighted by Gasteiger charge is -2.28. The summed E-state index contributed by atoms with van der Waals surface area (Å²) in [5.41, 5.74) is 7.49. The van der Waals surface area contributed by atoms with Crippen LogP contribution in [-0.2, 0) is 46.4 Å². The van der Waals surface area contributed by atoms with Gasteiger partial charge in [-0.05, 0) is 61.8 Å². The highest BCUT2D eigenvalue weighted by Gasteiger charge is 2.39. The number of benzene rings is 2. The molecule has 2 aliphatic rings. The van der Waals surface area contributed by atoms with Crippen molar-refractivity contribution in [3.63, 3.8) is 0 Å².